The Balaban J connectivity index is 2.10. The third-order valence-electron chi connectivity index (χ3n) is 6.21. The number of allylic oxidation sites excluding steroid dienone is 4. The average Bonchev–Trinajstić information content (AvgIpc) is 2.85. The Labute approximate surface area is 233 Å². The van der Waals surface area contributed by atoms with Gasteiger partial charge >= 0.3 is 0 Å². The van der Waals surface area contributed by atoms with E-state index in [1.54, 1.807) is 0 Å². The SMILES string of the molecule is CCCCC/C=C\C/C=C\CCCCCCCCOc1ccccc1CCOP(=O)([O-])OCC[N+](C)(C)C. The van der Waals surface area contributed by atoms with Crippen molar-refractivity contribution in [2.24, 2.45) is 0 Å². The number of para-hydroxylation sites is 1. The number of hydrogen-bond acceptors (Lipinski definition) is 5. The first-order valence-electron chi connectivity index (χ1n) is 14.6. The Morgan fingerprint density at radius 2 is 1.39 bits per heavy atom. The summed E-state index contributed by atoms with van der Waals surface area (Å²) in [5.41, 5.74) is 0.943. The third-order valence-corrected chi connectivity index (χ3v) is 7.21. The molecular weight excluding hydrogens is 497 g/mol. The topological polar surface area (TPSA) is 67.8 Å². The lowest BCUT2D eigenvalue weighted by Gasteiger charge is -2.27. The Morgan fingerprint density at radius 1 is 0.789 bits per heavy atom. The summed E-state index contributed by atoms with van der Waals surface area (Å²) in [6.45, 7) is 3.64. The van der Waals surface area contributed by atoms with Crippen molar-refractivity contribution in [1.82, 2.24) is 0 Å². The number of ether oxygens (including phenoxy) is 1. The summed E-state index contributed by atoms with van der Waals surface area (Å²) in [4.78, 5) is 12.0. The summed E-state index contributed by atoms with van der Waals surface area (Å²) in [6.07, 6.45) is 24.3. The number of hydrogen-bond donors (Lipinski definition) is 0. The van der Waals surface area contributed by atoms with Gasteiger partial charge in [0.05, 0.1) is 34.4 Å². The van der Waals surface area contributed by atoms with Crippen molar-refractivity contribution in [3.8, 4) is 5.75 Å². The molecule has 0 aliphatic heterocycles. The molecule has 38 heavy (non-hydrogen) atoms. The first-order valence-corrected chi connectivity index (χ1v) is 16.1. The molecule has 0 aromatic heterocycles. The Kier molecular flexibility index (Phi) is 19.5. The van der Waals surface area contributed by atoms with Gasteiger partial charge in [0, 0.05) is 0 Å². The number of unbranched alkanes of at least 4 members (excludes halogenated alkanes) is 9. The summed E-state index contributed by atoms with van der Waals surface area (Å²) in [7, 11) is 1.64. The fraction of sp³-hybridized carbons (Fsp3) is 0.677. The number of quaternary nitrogens is 1. The number of nitrogens with zero attached hydrogens (tertiary/aromatic N) is 1. The molecule has 0 saturated carbocycles. The Morgan fingerprint density at radius 3 is 2.08 bits per heavy atom. The minimum Gasteiger partial charge on any atom is -0.756 e. The quantitative estimate of drug-likeness (QED) is 0.0572. The van der Waals surface area contributed by atoms with Crippen LogP contribution in [0.5, 0.6) is 5.75 Å². The second-order valence-corrected chi connectivity index (χ2v) is 12.3. The second kappa shape index (κ2) is 21.4. The van der Waals surface area contributed by atoms with E-state index in [-0.39, 0.29) is 13.2 Å². The zero-order valence-electron chi connectivity index (χ0n) is 24.6. The molecule has 7 heteroatoms. The molecule has 0 aliphatic carbocycles. The molecule has 1 unspecified atom stereocenters. The highest BCUT2D eigenvalue weighted by Crippen LogP contribution is 2.38. The van der Waals surface area contributed by atoms with Gasteiger partial charge in [-0.2, -0.15) is 0 Å². The maximum atomic E-state index is 12.0. The van der Waals surface area contributed by atoms with E-state index in [0.29, 0.717) is 24.1 Å². The summed E-state index contributed by atoms with van der Waals surface area (Å²) in [5.74, 6) is 0.797. The van der Waals surface area contributed by atoms with Crippen LogP contribution >= 0.6 is 7.82 Å². The van der Waals surface area contributed by atoms with Gasteiger partial charge in [0.2, 0.25) is 0 Å². The van der Waals surface area contributed by atoms with Gasteiger partial charge < -0.3 is 23.2 Å². The van der Waals surface area contributed by atoms with Gasteiger partial charge in [-0.25, -0.2) is 0 Å². The highest BCUT2D eigenvalue weighted by atomic mass is 31.2. The van der Waals surface area contributed by atoms with Crippen LogP contribution in [0.1, 0.15) is 89.5 Å². The number of likely N-dealkylation sites (N-methyl/N-ethyl adjacent to an activating group) is 1. The summed E-state index contributed by atoms with van der Waals surface area (Å²) in [5, 5.41) is 0. The molecule has 6 nitrogen and oxygen atoms in total. The Bertz CT molecular complexity index is 819. The van der Waals surface area contributed by atoms with Gasteiger partial charge in [0.15, 0.2) is 0 Å². The molecule has 0 saturated heterocycles. The molecule has 0 heterocycles. The van der Waals surface area contributed by atoms with Crippen LogP contribution in [0.3, 0.4) is 0 Å². The second-order valence-electron chi connectivity index (χ2n) is 10.9. The molecule has 218 valence electrons. The lowest BCUT2D eigenvalue weighted by Crippen LogP contribution is -2.37. The monoisotopic (exact) mass is 551 g/mol. The van der Waals surface area contributed by atoms with Gasteiger partial charge in [-0.1, -0.05) is 88.0 Å². The number of rotatable bonds is 24. The first kappa shape index (κ1) is 34.6. The minimum absolute atomic E-state index is 0.0382. The van der Waals surface area contributed by atoms with Gasteiger partial charge in [-0.05, 0) is 56.6 Å². The van der Waals surface area contributed by atoms with Crippen molar-refractivity contribution in [2.75, 3.05) is 47.5 Å². The molecule has 1 aromatic rings. The van der Waals surface area contributed by atoms with E-state index in [0.717, 1.165) is 30.6 Å². The van der Waals surface area contributed by atoms with Crippen LogP contribution < -0.4 is 9.63 Å². The standard InChI is InChI=1S/C31H54NO5P/c1-5-6-7-8-9-10-11-12-13-14-15-16-17-18-19-22-27-35-31-24-21-20-23-30(31)25-28-36-38(33,34)37-29-26-32(2,3)4/h9-10,12-13,20-21,23-24H,5-8,11,14-19,22,25-29H2,1-4H3/b10-9-,13-12-. The van der Waals surface area contributed by atoms with E-state index < -0.39 is 7.82 Å². The highest BCUT2D eigenvalue weighted by Gasteiger charge is 2.14. The van der Waals surface area contributed by atoms with Crippen LogP contribution in [0, 0.1) is 0 Å². The molecule has 0 spiro atoms. The van der Waals surface area contributed by atoms with Gasteiger partial charge in [-0.3, -0.25) is 4.57 Å². The molecule has 0 radical (unpaired) electrons. The van der Waals surface area contributed by atoms with E-state index in [1.165, 1.54) is 57.8 Å². The van der Waals surface area contributed by atoms with Crippen molar-refractivity contribution in [3.63, 3.8) is 0 Å². The van der Waals surface area contributed by atoms with Crippen LogP contribution in [0.2, 0.25) is 0 Å². The van der Waals surface area contributed by atoms with Crippen LogP contribution in [-0.2, 0) is 20.0 Å². The van der Waals surface area contributed by atoms with E-state index in [1.807, 2.05) is 45.4 Å². The lowest BCUT2D eigenvalue weighted by atomic mass is 10.1. The zero-order chi connectivity index (χ0) is 28.0. The maximum Gasteiger partial charge on any atom is 0.268 e. The fourth-order valence-electron chi connectivity index (χ4n) is 3.85. The van der Waals surface area contributed by atoms with Crippen molar-refractivity contribution in [2.45, 2.75) is 90.4 Å². The highest BCUT2D eigenvalue weighted by molar-refractivity contribution is 7.45. The molecule has 1 atom stereocenters. The smallest absolute Gasteiger partial charge is 0.268 e. The predicted octanol–water partition coefficient (Wildman–Crippen LogP) is 7.63. The average molecular weight is 552 g/mol. The fourth-order valence-corrected chi connectivity index (χ4v) is 4.55. The number of benzene rings is 1. The van der Waals surface area contributed by atoms with Gasteiger partial charge in [0.25, 0.3) is 7.82 Å². The van der Waals surface area contributed by atoms with Gasteiger partial charge in [0.1, 0.15) is 18.9 Å². The summed E-state index contributed by atoms with van der Waals surface area (Å²) >= 11 is 0. The zero-order valence-corrected chi connectivity index (χ0v) is 25.5. The predicted molar refractivity (Wildman–Crippen MR) is 157 cm³/mol. The Hall–Kier alpha value is -1.43. The molecule has 0 aliphatic rings. The van der Waals surface area contributed by atoms with Crippen molar-refractivity contribution >= 4 is 7.82 Å². The van der Waals surface area contributed by atoms with E-state index in [9.17, 15) is 9.46 Å². The van der Waals surface area contributed by atoms with Crippen LogP contribution in [0.15, 0.2) is 48.6 Å². The van der Waals surface area contributed by atoms with E-state index >= 15 is 0 Å². The summed E-state index contributed by atoms with van der Waals surface area (Å²) in [6, 6.07) is 7.74. The van der Waals surface area contributed by atoms with Crippen LogP contribution in [-0.4, -0.2) is 52.0 Å². The minimum atomic E-state index is -4.29. The molecule has 0 amide bonds. The van der Waals surface area contributed by atoms with E-state index in [2.05, 4.69) is 31.2 Å². The molecule has 0 fully saturated rings. The molecule has 0 N–H and O–H groups in total. The maximum absolute atomic E-state index is 12.0. The largest absolute Gasteiger partial charge is 0.756 e. The number of phosphoric ester groups is 1. The lowest BCUT2D eigenvalue weighted by molar-refractivity contribution is -0.870. The molecule has 0 bridgehead atoms. The van der Waals surface area contributed by atoms with Crippen LogP contribution in [0.4, 0.5) is 0 Å². The number of phosphoric acid groups is 1. The first-order chi connectivity index (χ1) is 18.2. The van der Waals surface area contributed by atoms with Crippen LogP contribution in [0.25, 0.3) is 0 Å². The molecule has 1 rings (SSSR count). The molecular formula is C31H54NO5P. The van der Waals surface area contributed by atoms with Crippen molar-refractivity contribution in [3.05, 3.63) is 54.1 Å². The normalized spacial score (nSPS) is 13.9. The third kappa shape index (κ3) is 20.5. The summed E-state index contributed by atoms with van der Waals surface area (Å²) < 4.78 is 28.6. The van der Waals surface area contributed by atoms with Crippen molar-refractivity contribution < 1.29 is 27.7 Å². The van der Waals surface area contributed by atoms with E-state index in [4.69, 9.17) is 13.8 Å². The molecule has 1 aromatic carbocycles. The van der Waals surface area contributed by atoms with Crippen molar-refractivity contribution in [1.29, 1.82) is 0 Å². The van der Waals surface area contributed by atoms with Gasteiger partial charge in [-0.15, -0.1) is 0 Å².